The van der Waals surface area contributed by atoms with Crippen LogP contribution in [0, 0.1) is 19.3 Å². The number of amides is 1. The highest BCUT2D eigenvalue weighted by Crippen LogP contribution is 2.24. The molecule has 0 aliphatic rings. The van der Waals surface area contributed by atoms with E-state index in [1.54, 1.807) is 7.11 Å². The highest BCUT2D eigenvalue weighted by Gasteiger charge is 2.27. The van der Waals surface area contributed by atoms with Crippen molar-refractivity contribution in [3.63, 3.8) is 0 Å². The monoisotopic (exact) mass is 414 g/mol. The minimum atomic E-state index is -0.564. The van der Waals surface area contributed by atoms with Gasteiger partial charge < -0.3 is 20.1 Å². The van der Waals surface area contributed by atoms with Gasteiger partial charge in [-0.25, -0.2) is 0 Å². The topological polar surface area (TPSA) is 59.6 Å². The average molecular weight is 415 g/mol. The van der Waals surface area contributed by atoms with E-state index in [1.165, 1.54) is 5.56 Å². The zero-order valence-electron chi connectivity index (χ0n) is 17.8. The van der Waals surface area contributed by atoms with E-state index in [2.05, 4.69) is 22.8 Å². The molecular formula is C23H30N2O3S. The lowest BCUT2D eigenvalue weighted by Gasteiger charge is -2.24. The molecule has 6 heteroatoms. The van der Waals surface area contributed by atoms with Gasteiger partial charge in [0.15, 0.2) is 5.11 Å². The maximum Gasteiger partial charge on any atom is 0.231 e. The van der Waals surface area contributed by atoms with Crippen molar-refractivity contribution in [2.45, 2.75) is 40.5 Å². The summed E-state index contributed by atoms with van der Waals surface area (Å²) < 4.78 is 11.1. The van der Waals surface area contributed by atoms with E-state index >= 15 is 0 Å². The predicted molar refractivity (Wildman–Crippen MR) is 122 cm³/mol. The minimum absolute atomic E-state index is 0.121. The normalized spacial score (nSPS) is 10.9. The number of rotatable bonds is 8. The van der Waals surface area contributed by atoms with E-state index < -0.39 is 5.41 Å². The Morgan fingerprint density at radius 2 is 1.90 bits per heavy atom. The van der Waals surface area contributed by atoms with Crippen molar-refractivity contribution in [2.24, 2.45) is 5.41 Å². The number of carbonyl (C=O) groups excluding carboxylic acids is 1. The summed E-state index contributed by atoms with van der Waals surface area (Å²) in [7, 11) is 1.60. The number of carbonyl (C=O) groups is 1. The van der Waals surface area contributed by atoms with Gasteiger partial charge in [-0.1, -0.05) is 32.0 Å². The fourth-order valence-electron chi connectivity index (χ4n) is 2.81. The molecule has 5 nitrogen and oxygen atoms in total. The molecule has 0 bridgehead atoms. The Hall–Kier alpha value is -2.60. The number of ether oxygens (including phenoxy) is 2. The standard InChI is InChI=1S/C23H30N2O3S/c1-16-10-11-17(2)20(14-16)28-13-7-12-23(3,4)21(26)25-22(29)24-18-8-6-9-19(15-18)27-5/h6,8-11,14-15H,7,12-13H2,1-5H3,(H2,24,25,26,29). The third-order valence-electron chi connectivity index (χ3n) is 4.72. The molecule has 0 radical (unpaired) electrons. The number of anilines is 1. The Bertz CT molecular complexity index is 865. The van der Waals surface area contributed by atoms with Crippen molar-refractivity contribution in [2.75, 3.05) is 19.0 Å². The first kappa shape index (κ1) is 22.7. The zero-order valence-corrected chi connectivity index (χ0v) is 18.6. The number of nitrogens with one attached hydrogen (secondary N) is 2. The fourth-order valence-corrected chi connectivity index (χ4v) is 3.02. The number of aryl methyl sites for hydroxylation is 2. The van der Waals surface area contributed by atoms with Crippen LogP contribution in [0.1, 0.15) is 37.8 Å². The summed E-state index contributed by atoms with van der Waals surface area (Å²) in [4.78, 5) is 12.6. The van der Waals surface area contributed by atoms with Crippen LogP contribution in [0.5, 0.6) is 11.5 Å². The molecule has 0 saturated carbocycles. The van der Waals surface area contributed by atoms with Gasteiger partial charge in [0.05, 0.1) is 13.7 Å². The molecule has 0 spiro atoms. The second kappa shape index (κ2) is 10.3. The molecule has 2 N–H and O–H groups in total. The lowest BCUT2D eigenvalue weighted by molar-refractivity contribution is -0.128. The molecule has 1 amide bonds. The molecule has 0 unspecified atom stereocenters. The summed E-state index contributed by atoms with van der Waals surface area (Å²) in [5, 5.41) is 6.06. The third-order valence-corrected chi connectivity index (χ3v) is 4.92. The van der Waals surface area contributed by atoms with Gasteiger partial charge in [0.2, 0.25) is 5.91 Å². The lowest BCUT2D eigenvalue weighted by Crippen LogP contribution is -2.42. The van der Waals surface area contributed by atoms with E-state index in [-0.39, 0.29) is 11.0 Å². The van der Waals surface area contributed by atoms with E-state index in [4.69, 9.17) is 21.7 Å². The summed E-state index contributed by atoms with van der Waals surface area (Å²) in [6.07, 6.45) is 1.45. The summed E-state index contributed by atoms with van der Waals surface area (Å²) in [5.74, 6) is 1.49. The predicted octanol–water partition coefficient (Wildman–Crippen LogP) is 5.01. The van der Waals surface area contributed by atoms with Gasteiger partial charge in [0, 0.05) is 17.2 Å². The smallest absolute Gasteiger partial charge is 0.231 e. The fraction of sp³-hybridized carbons (Fsp3) is 0.391. The lowest BCUT2D eigenvalue weighted by atomic mass is 9.87. The maximum atomic E-state index is 12.6. The van der Waals surface area contributed by atoms with Crippen LogP contribution in [0.3, 0.4) is 0 Å². The van der Waals surface area contributed by atoms with Crippen LogP contribution in [-0.2, 0) is 4.79 Å². The number of benzene rings is 2. The van der Waals surface area contributed by atoms with Gasteiger partial charge in [-0.05, 0) is 68.2 Å². The van der Waals surface area contributed by atoms with Crippen molar-refractivity contribution >= 4 is 28.9 Å². The Labute approximate surface area is 178 Å². The second-order valence-corrected chi connectivity index (χ2v) is 8.15. The van der Waals surface area contributed by atoms with Gasteiger partial charge in [0.25, 0.3) is 0 Å². The molecule has 0 aliphatic carbocycles. The van der Waals surface area contributed by atoms with Gasteiger partial charge in [-0.3, -0.25) is 4.79 Å². The Morgan fingerprint density at radius 1 is 1.14 bits per heavy atom. The molecule has 0 heterocycles. The Morgan fingerprint density at radius 3 is 2.62 bits per heavy atom. The van der Waals surface area contributed by atoms with E-state index in [1.807, 2.05) is 58.0 Å². The molecule has 0 fully saturated rings. The van der Waals surface area contributed by atoms with E-state index in [0.29, 0.717) is 18.8 Å². The van der Waals surface area contributed by atoms with Crippen molar-refractivity contribution in [3.05, 3.63) is 53.6 Å². The first-order valence-corrected chi connectivity index (χ1v) is 10.1. The first-order valence-electron chi connectivity index (χ1n) is 9.68. The van der Waals surface area contributed by atoms with E-state index in [9.17, 15) is 4.79 Å². The Balaban J connectivity index is 1.80. The van der Waals surface area contributed by atoms with Crippen LogP contribution in [0.15, 0.2) is 42.5 Å². The van der Waals surface area contributed by atoms with Gasteiger partial charge >= 0.3 is 0 Å². The molecule has 0 aromatic heterocycles. The highest BCUT2D eigenvalue weighted by molar-refractivity contribution is 7.80. The molecule has 29 heavy (non-hydrogen) atoms. The number of methoxy groups -OCH3 is 1. The number of hydrogen-bond acceptors (Lipinski definition) is 4. The summed E-state index contributed by atoms with van der Waals surface area (Å²) in [6, 6.07) is 13.5. The summed E-state index contributed by atoms with van der Waals surface area (Å²) in [5.41, 5.74) is 2.48. The van der Waals surface area contributed by atoms with Crippen LogP contribution in [0.4, 0.5) is 5.69 Å². The van der Waals surface area contributed by atoms with Crippen molar-refractivity contribution in [1.82, 2.24) is 5.32 Å². The van der Waals surface area contributed by atoms with Crippen molar-refractivity contribution in [1.29, 1.82) is 0 Å². The maximum absolute atomic E-state index is 12.6. The van der Waals surface area contributed by atoms with Gasteiger partial charge in [-0.2, -0.15) is 0 Å². The van der Waals surface area contributed by atoms with Gasteiger partial charge in [0.1, 0.15) is 11.5 Å². The van der Waals surface area contributed by atoms with Crippen LogP contribution < -0.4 is 20.1 Å². The minimum Gasteiger partial charge on any atom is -0.497 e. The SMILES string of the molecule is COc1cccc(NC(=S)NC(=O)C(C)(C)CCCOc2cc(C)ccc2C)c1. The third kappa shape index (κ3) is 7.06. The largest absolute Gasteiger partial charge is 0.497 e. The van der Waals surface area contributed by atoms with Gasteiger partial charge in [-0.15, -0.1) is 0 Å². The van der Waals surface area contributed by atoms with Crippen LogP contribution in [0.25, 0.3) is 0 Å². The Kier molecular flexibility index (Phi) is 8.02. The van der Waals surface area contributed by atoms with Crippen LogP contribution >= 0.6 is 12.2 Å². The molecule has 0 aliphatic heterocycles. The molecule has 2 aromatic rings. The summed E-state index contributed by atoms with van der Waals surface area (Å²) in [6.45, 7) is 8.46. The molecular weight excluding hydrogens is 384 g/mol. The summed E-state index contributed by atoms with van der Waals surface area (Å²) >= 11 is 5.28. The molecule has 2 aromatic carbocycles. The molecule has 0 saturated heterocycles. The second-order valence-electron chi connectivity index (χ2n) is 7.75. The molecule has 2 rings (SSSR count). The average Bonchev–Trinajstić information content (AvgIpc) is 2.67. The molecule has 156 valence electrons. The van der Waals surface area contributed by atoms with Crippen molar-refractivity contribution < 1.29 is 14.3 Å². The highest BCUT2D eigenvalue weighted by atomic mass is 32.1. The molecule has 0 atom stereocenters. The van der Waals surface area contributed by atoms with Crippen LogP contribution in [-0.4, -0.2) is 24.7 Å². The van der Waals surface area contributed by atoms with E-state index in [0.717, 1.165) is 23.4 Å². The quantitative estimate of drug-likeness (QED) is 0.470. The number of thiocarbonyl (C=S) groups is 1. The number of hydrogen-bond donors (Lipinski definition) is 2. The van der Waals surface area contributed by atoms with Crippen LogP contribution in [0.2, 0.25) is 0 Å². The zero-order chi connectivity index (χ0) is 21.4. The van der Waals surface area contributed by atoms with Crippen molar-refractivity contribution in [3.8, 4) is 11.5 Å². The first-order chi connectivity index (χ1) is 13.7.